The lowest BCUT2D eigenvalue weighted by molar-refractivity contribution is 0.495. The fraction of sp³-hybridized carbons (Fsp3) is 0.375. The highest BCUT2D eigenvalue weighted by molar-refractivity contribution is 7.80. The van der Waals surface area contributed by atoms with Crippen LogP contribution in [0.1, 0.15) is 32.3 Å². The Morgan fingerprint density at radius 1 is 1.35 bits per heavy atom. The SMILES string of the molecule is CC(C)(Nc1c(C(N)=S)cnc2ccccc12)C1CC1. The van der Waals surface area contributed by atoms with Gasteiger partial charge in [0.2, 0.25) is 0 Å². The number of rotatable bonds is 4. The zero-order valence-corrected chi connectivity index (χ0v) is 12.6. The summed E-state index contributed by atoms with van der Waals surface area (Å²) in [6.07, 6.45) is 4.34. The van der Waals surface area contributed by atoms with Gasteiger partial charge < -0.3 is 11.1 Å². The highest BCUT2D eigenvalue weighted by Crippen LogP contribution is 2.42. The van der Waals surface area contributed by atoms with E-state index in [-0.39, 0.29) is 5.54 Å². The molecule has 0 aliphatic heterocycles. The van der Waals surface area contributed by atoms with Gasteiger partial charge in [-0.15, -0.1) is 0 Å². The molecule has 1 aromatic carbocycles. The molecule has 1 heterocycles. The first-order chi connectivity index (χ1) is 9.49. The van der Waals surface area contributed by atoms with Crippen LogP contribution in [0.2, 0.25) is 0 Å². The number of thiocarbonyl (C=S) groups is 1. The minimum absolute atomic E-state index is 0.0453. The summed E-state index contributed by atoms with van der Waals surface area (Å²) in [4.78, 5) is 4.83. The number of pyridine rings is 1. The zero-order chi connectivity index (χ0) is 14.3. The molecule has 104 valence electrons. The molecule has 0 saturated heterocycles. The lowest BCUT2D eigenvalue weighted by Crippen LogP contribution is -2.34. The summed E-state index contributed by atoms with van der Waals surface area (Å²) in [5.41, 5.74) is 8.71. The summed E-state index contributed by atoms with van der Waals surface area (Å²) in [6, 6.07) is 8.08. The van der Waals surface area contributed by atoms with Crippen molar-refractivity contribution in [2.45, 2.75) is 32.2 Å². The predicted octanol–water partition coefficient (Wildman–Crippen LogP) is 3.47. The van der Waals surface area contributed by atoms with Crippen LogP contribution in [0.15, 0.2) is 30.5 Å². The molecule has 1 aliphatic rings. The van der Waals surface area contributed by atoms with Gasteiger partial charge in [-0.1, -0.05) is 30.4 Å². The summed E-state index contributed by atoms with van der Waals surface area (Å²) in [5, 5.41) is 4.74. The molecule has 3 N–H and O–H groups in total. The Balaban J connectivity index is 2.14. The third kappa shape index (κ3) is 2.36. The number of nitrogens with one attached hydrogen (secondary N) is 1. The number of hydrogen-bond acceptors (Lipinski definition) is 3. The smallest absolute Gasteiger partial charge is 0.107 e. The summed E-state index contributed by atoms with van der Waals surface area (Å²) >= 11 is 5.18. The molecule has 3 rings (SSSR count). The van der Waals surface area contributed by atoms with Gasteiger partial charge in [0, 0.05) is 17.1 Å². The van der Waals surface area contributed by atoms with Crippen molar-refractivity contribution in [1.29, 1.82) is 0 Å². The Bertz CT molecular complexity index is 674. The molecule has 0 spiro atoms. The van der Waals surface area contributed by atoms with Gasteiger partial charge in [-0.25, -0.2) is 0 Å². The Hall–Kier alpha value is -1.68. The quantitative estimate of drug-likeness (QED) is 0.845. The Morgan fingerprint density at radius 2 is 2.05 bits per heavy atom. The van der Waals surface area contributed by atoms with E-state index in [4.69, 9.17) is 18.0 Å². The number of aromatic nitrogens is 1. The summed E-state index contributed by atoms with van der Waals surface area (Å²) in [6.45, 7) is 4.48. The normalized spacial score (nSPS) is 15.3. The van der Waals surface area contributed by atoms with E-state index in [1.807, 2.05) is 18.2 Å². The van der Waals surface area contributed by atoms with Crippen LogP contribution in [0, 0.1) is 5.92 Å². The van der Waals surface area contributed by atoms with Gasteiger partial charge in [-0.2, -0.15) is 0 Å². The van der Waals surface area contributed by atoms with E-state index in [1.54, 1.807) is 6.20 Å². The lowest BCUT2D eigenvalue weighted by atomic mass is 9.96. The van der Waals surface area contributed by atoms with E-state index < -0.39 is 0 Å². The minimum Gasteiger partial charge on any atom is -0.389 e. The van der Waals surface area contributed by atoms with Crippen molar-refractivity contribution in [2.24, 2.45) is 11.7 Å². The molecular weight excluding hydrogens is 266 g/mol. The summed E-state index contributed by atoms with van der Waals surface area (Å²) in [5.74, 6) is 0.716. The number of para-hydroxylation sites is 1. The first-order valence-corrected chi connectivity index (χ1v) is 7.35. The van der Waals surface area contributed by atoms with Crippen molar-refractivity contribution in [3.63, 3.8) is 0 Å². The van der Waals surface area contributed by atoms with Gasteiger partial charge >= 0.3 is 0 Å². The van der Waals surface area contributed by atoms with E-state index in [0.717, 1.165) is 22.2 Å². The molecular formula is C16H19N3S. The number of nitrogens with zero attached hydrogens (tertiary/aromatic N) is 1. The average Bonchev–Trinajstić information content (AvgIpc) is 3.23. The highest BCUT2D eigenvalue weighted by Gasteiger charge is 2.38. The van der Waals surface area contributed by atoms with E-state index in [2.05, 4.69) is 30.2 Å². The average molecular weight is 285 g/mol. The van der Waals surface area contributed by atoms with Gasteiger partial charge in [0.1, 0.15) is 4.99 Å². The maximum absolute atomic E-state index is 5.87. The fourth-order valence-corrected chi connectivity index (χ4v) is 2.85. The molecule has 0 atom stereocenters. The third-order valence-electron chi connectivity index (χ3n) is 4.09. The maximum atomic E-state index is 5.87. The molecule has 0 bridgehead atoms. The van der Waals surface area contributed by atoms with Crippen LogP contribution in [0.3, 0.4) is 0 Å². The highest BCUT2D eigenvalue weighted by atomic mass is 32.1. The molecule has 3 nitrogen and oxygen atoms in total. The van der Waals surface area contributed by atoms with E-state index in [9.17, 15) is 0 Å². The van der Waals surface area contributed by atoms with Gasteiger partial charge in [-0.05, 0) is 38.7 Å². The van der Waals surface area contributed by atoms with Crippen LogP contribution in [0.5, 0.6) is 0 Å². The molecule has 0 amide bonds. The summed E-state index contributed by atoms with van der Waals surface area (Å²) < 4.78 is 0. The van der Waals surface area contributed by atoms with Crippen LogP contribution in [-0.4, -0.2) is 15.5 Å². The first-order valence-electron chi connectivity index (χ1n) is 6.95. The second kappa shape index (κ2) is 4.70. The van der Waals surface area contributed by atoms with Crippen molar-refractivity contribution in [1.82, 2.24) is 4.98 Å². The van der Waals surface area contributed by atoms with Crippen molar-refractivity contribution in [3.05, 3.63) is 36.0 Å². The topological polar surface area (TPSA) is 50.9 Å². The third-order valence-corrected chi connectivity index (χ3v) is 4.31. The predicted molar refractivity (Wildman–Crippen MR) is 88.1 cm³/mol. The number of nitrogens with two attached hydrogens (primary N) is 1. The van der Waals surface area contributed by atoms with Gasteiger partial charge in [0.05, 0.1) is 16.8 Å². The van der Waals surface area contributed by atoms with Crippen LogP contribution in [0.25, 0.3) is 10.9 Å². The molecule has 1 aliphatic carbocycles. The fourth-order valence-electron chi connectivity index (χ4n) is 2.69. The maximum Gasteiger partial charge on any atom is 0.107 e. The molecule has 0 unspecified atom stereocenters. The Kier molecular flexibility index (Phi) is 3.13. The molecule has 20 heavy (non-hydrogen) atoms. The van der Waals surface area contributed by atoms with Crippen molar-refractivity contribution < 1.29 is 0 Å². The minimum atomic E-state index is 0.0453. The monoisotopic (exact) mass is 285 g/mol. The van der Waals surface area contributed by atoms with E-state index >= 15 is 0 Å². The Morgan fingerprint density at radius 3 is 2.70 bits per heavy atom. The molecule has 1 fully saturated rings. The number of fused-ring (bicyclic) bond motifs is 1. The molecule has 0 radical (unpaired) electrons. The zero-order valence-electron chi connectivity index (χ0n) is 11.8. The second-order valence-corrected chi connectivity index (χ2v) is 6.49. The molecule has 1 aromatic heterocycles. The Labute approximate surface area is 124 Å². The van der Waals surface area contributed by atoms with Crippen LogP contribution in [0.4, 0.5) is 5.69 Å². The van der Waals surface area contributed by atoms with Crippen molar-refractivity contribution >= 4 is 33.8 Å². The van der Waals surface area contributed by atoms with Crippen molar-refractivity contribution in [3.8, 4) is 0 Å². The summed E-state index contributed by atoms with van der Waals surface area (Å²) in [7, 11) is 0. The lowest BCUT2D eigenvalue weighted by Gasteiger charge is -2.29. The molecule has 2 aromatic rings. The number of anilines is 1. The van der Waals surface area contributed by atoms with Crippen LogP contribution in [-0.2, 0) is 0 Å². The largest absolute Gasteiger partial charge is 0.389 e. The van der Waals surface area contributed by atoms with Gasteiger partial charge in [-0.3, -0.25) is 4.98 Å². The van der Waals surface area contributed by atoms with Crippen LogP contribution < -0.4 is 11.1 Å². The van der Waals surface area contributed by atoms with E-state index in [0.29, 0.717) is 10.9 Å². The molecule has 4 heteroatoms. The van der Waals surface area contributed by atoms with E-state index in [1.165, 1.54) is 12.8 Å². The van der Waals surface area contributed by atoms with Crippen LogP contribution >= 0.6 is 12.2 Å². The number of benzene rings is 1. The first kappa shape index (κ1) is 13.3. The standard InChI is InChI=1S/C16H19N3S/c1-16(2,10-7-8-10)19-14-11-5-3-4-6-13(11)18-9-12(14)15(17)20/h3-6,9-10H,7-8H2,1-2H3,(H2,17,20)(H,18,19). The van der Waals surface area contributed by atoms with Gasteiger partial charge in [0.15, 0.2) is 0 Å². The second-order valence-electron chi connectivity index (χ2n) is 6.05. The van der Waals surface area contributed by atoms with Gasteiger partial charge in [0.25, 0.3) is 0 Å². The number of hydrogen-bond donors (Lipinski definition) is 2. The molecule has 1 saturated carbocycles. The van der Waals surface area contributed by atoms with Crippen molar-refractivity contribution in [2.75, 3.05) is 5.32 Å².